The number of tetrazole rings is 1. The molecule has 1 atom stereocenters. The molecule has 0 fully saturated rings. The number of rotatable bonds is 3. The van der Waals surface area contributed by atoms with E-state index in [0.29, 0.717) is 18.4 Å². The van der Waals surface area contributed by atoms with E-state index >= 15 is 0 Å². The van der Waals surface area contributed by atoms with Crippen LogP contribution < -0.4 is 5.32 Å². The summed E-state index contributed by atoms with van der Waals surface area (Å²) < 4.78 is 0. The lowest BCUT2D eigenvalue weighted by atomic mass is 9.92. The smallest absolute Gasteiger partial charge is 0.188 e. The van der Waals surface area contributed by atoms with Crippen molar-refractivity contribution in [2.45, 2.75) is 31.8 Å². The van der Waals surface area contributed by atoms with Crippen LogP contribution in [0, 0.1) is 0 Å². The fourth-order valence-corrected chi connectivity index (χ4v) is 3.09. The van der Waals surface area contributed by atoms with Crippen LogP contribution in [0.5, 0.6) is 0 Å². The third-order valence-electron chi connectivity index (χ3n) is 4.01. The summed E-state index contributed by atoms with van der Waals surface area (Å²) in [7, 11) is 0. The third kappa shape index (κ3) is 1.89. The largest absolute Gasteiger partial charge is 0.357 e. The molecular weight excluding hydrogens is 252 g/mol. The fraction of sp³-hybridized carbons (Fsp3) is 0.357. The normalized spacial score (nSPS) is 18.3. The van der Waals surface area contributed by atoms with Crippen LogP contribution in [0.2, 0.25) is 0 Å². The highest BCUT2D eigenvalue weighted by Gasteiger charge is 2.23. The lowest BCUT2D eigenvalue weighted by Gasteiger charge is -2.23. The maximum atomic E-state index is 3.98. The van der Waals surface area contributed by atoms with Gasteiger partial charge in [0.1, 0.15) is 0 Å². The van der Waals surface area contributed by atoms with Crippen molar-refractivity contribution >= 4 is 10.9 Å². The Kier molecular flexibility index (Phi) is 2.74. The van der Waals surface area contributed by atoms with Crippen LogP contribution in [-0.4, -0.2) is 25.6 Å². The number of hydrogen-bond donors (Lipinski definition) is 3. The highest BCUT2D eigenvalue weighted by Crippen LogP contribution is 2.34. The molecule has 1 aromatic carbocycles. The van der Waals surface area contributed by atoms with Crippen LogP contribution in [0.1, 0.15) is 36.0 Å². The Bertz CT molecular complexity index is 714. The van der Waals surface area contributed by atoms with Gasteiger partial charge in [0.15, 0.2) is 5.82 Å². The van der Waals surface area contributed by atoms with E-state index in [4.69, 9.17) is 0 Å². The fourth-order valence-electron chi connectivity index (χ4n) is 3.09. The van der Waals surface area contributed by atoms with Gasteiger partial charge in [0.05, 0.1) is 6.54 Å². The monoisotopic (exact) mass is 268 g/mol. The predicted molar refractivity (Wildman–Crippen MR) is 75.0 cm³/mol. The van der Waals surface area contributed by atoms with Gasteiger partial charge in [-0.3, -0.25) is 0 Å². The van der Waals surface area contributed by atoms with Crippen LogP contribution in [0.15, 0.2) is 24.3 Å². The van der Waals surface area contributed by atoms with Gasteiger partial charge in [0, 0.05) is 22.6 Å². The summed E-state index contributed by atoms with van der Waals surface area (Å²) in [4.78, 5) is 3.57. The standard InChI is InChI=1S/C14H16N6/c1-2-6-11-9(4-1)10-5-3-7-12(14(10)16-11)15-8-13-17-19-20-18-13/h1-2,4,6,12,15-16H,3,5,7-8H2,(H,17,18,19,20). The van der Waals surface area contributed by atoms with Gasteiger partial charge in [-0.05, 0) is 30.9 Å². The molecule has 1 aliphatic rings. The number of H-pyrrole nitrogens is 2. The van der Waals surface area contributed by atoms with Crippen molar-refractivity contribution in [2.75, 3.05) is 0 Å². The quantitative estimate of drug-likeness (QED) is 0.677. The maximum absolute atomic E-state index is 3.98. The first kappa shape index (κ1) is 11.6. The average Bonchev–Trinajstić information content (AvgIpc) is 3.12. The molecule has 0 saturated carbocycles. The van der Waals surface area contributed by atoms with Crippen molar-refractivity contribution in [3.63, 3.8) is 0 Å². The van der Waals surface area contributed by atoms with Crippen molar-refractivity contribution in [1.29, 1.82) is 0 Å². The number of fused-ring (bicyclic) bond motifs is 3. The Labute approximate surface area is 116 Å². The second-order valence-corrected chi connectivity index (χ2v) is 5.22. The van der Waals surface area contributed by atoms with Crippen molar-refractivity contribution in [1.82, 2.24) is 30.9 Å². The molecular formula is C14H16N6. The molecule has 0 amide bonds. The first-order valence-electron chi connectivity index (χ1n) is 6.97. The van der Waals surface area contributed by atoms with Gasteiger partial charge in [-0.15, -0.1) is 10.2 Å². The molecule has 0 bridgehead atoms. The molecule has 0 spiro atoms. The summed E-state index contributed by atoms with van der Waals surface area (Å²) in [6, 6.07) is 8.86. The van der Waals surface area contributed by atoms with Gasteiger partial charge >= 0.3 is 0 Å². The summed E-state index contributed by atoms with van der Waals surface area (Å²) in [6.07, 6.45) is 3.50. The number of nitrogens with one attached hydrogen (secondary N) is 3. The first-order chi connectivity index (χ1) is 9.92. The number of aryl methyl sites for hydroxylation is 1. The molecule has 1 aliphatic carbocycles. The molecule has 2 heterocycles. The summed E-state index contributed by atoms with van der Waals surface area (Å²) in [5.74, 6) is 0.702. The lowest BCUT2D eigenvalue weighted by Crippen LogP contribution is -2.25. The van der Waals surface area contributed by atoms with Crippen LogP contribution in [0.4, 0.5) is 0 Å². The van der Waals surface area contributed by atoms with E-state index in [1.165, 1.54) is 28.6 Å². The average molecular weight is 268 g/mol. The van der Waals surface area contributed by atoms with Crippen LogP contribution in [-0.2, 0) is 13.0 Å². The summed E-state index contributed by atoms with van der Waals surface area (Å²) in [5.41, 5.74) is 4.00. The molecule has 0 aliphatic heterocycles. The number of nitrogens with zero attached hydrogens (tertiary/aromatic N) is 3. The molecule has 20 heavy (non-hydrogen) atoms. The van der Waals surface area contributed by atoms with Gasteiger partial charge in [0.2, 0.25) is 0 Å². The van der Waals surface area contributed by atoms with E-state index in [1.807, 2.05) is 0 Å². The van der Waals surface area contributed by atoms with Crippen molar-refractivity contribution in [2.24, 2.45) is 0 Å². The van der Waals surface area contributed by atoms with E-state index in [-0.39, 0.29) is 0 Å². The molecule has 102 valence electrons. The van der Waals surface area contributed by atoms with Gasteiger partial charge in [-0.25, -0.2) is 0 Å². The Morgan fingerprint density at radius 1 is 1.30 bits per heavy atom. The third-order valence-corrected chi connectivity index (χ3v) is 4.01. The summed E-state index contributed by atoms with van der Waals surface area (Å²) >= 11 is 0. The van der Waals surface area contributed by atoms with E-state index in [9.17, 15) is 0 Å². The zero-order valence-electron chi connectivity index (χ0n) is 11.1. The number of para-hydroxylation sites is 1. The predicted octanol–water partition coefficient (Wildman–Crippen LogP) is 1.85. The number of benzene rings is 1. The minimum Gasteiger partial charge on any atom is -0.357 e. The minimum atomic E-state index is 0.338. The minimum absolute atomic E-state index is 0.338. The number of aromatic nitrogens is 5. The number of aromatic amines is 2. The maximum Gasteiger partial charge on any atom is 0.188 e. The second-order valence-electron chi connectivity index (χ2n) is 5.22. The highest BCUT2D eigenvalue weighted by molar-refractivity contribution is 5.85. The zero-order chi connectivity index (χ0) is 13.4. The van der Waals surface area contributed by atoms with E-state index in [0.717, 1.165) is 12.8 Å². The van der Waals surface area contributed by atoms with Crippen molar-refractivity contribution in [3.05, 3.63) is 41.3 Å². The SMILES string of the molecule is c1ccc2c3c([nH]c2c1)C(NCc1nn[nH]n1)CCC3. The van der Waals surface area contributed by atoms with Crippen molar-refractivity contribution < 1.29 is 0 Å². The molecule has 3 aromatic rings. The van der Waals surface area contributed by atoms with Gasteiger partial charge in [0.25, 0.3) is 0 Å². The molecule has 6 heteroatoms. The molecule has 0 radical (unpaired) electrons. The Morgan fingerprint density at radius 3 is 3.15 bits per heavy atom. The zero-order valence-corrected chi connectivity index (χ0v) is 11.1. The van der Waals surface area contributed by atoms with Crippen LogP contribution in [0.25, 0.3) is 10.9 Å². The van der Waals surface area contributed by atoms with E-state index < -0.39 is 0 Å². The van der Waals surface area contributed by atoms with Crippen LogP contribution in [0.3, 0.4) is 0 Å². The first-order valence-corrected chi connectivity index (χ1v) is 6.97. The second kappa shape index (κ2) is 4.72. The molecule has 1 unspecified atom stereocenters. The topological polar surface area (TPSA) is 82.3 Å². The Morgan fingerprint density at radius 2 is 2.25 bits per heavy atom. The van der Waals surface area contributed by atoms with E-state index in [2.05, 4.69) is 55.2 Å². The van der Waals surface area contributed by atoms with Crippen LogP contribution >= 0.6 is 0 Å². The summed E-state index contributed by atoms with van der Waals surface area (Å²) in [5, 5.41) is 18.9. The van der Waals surface area contributed by atoms with Gasteiger partial charge < -0.3 is 10.3 Å². The molecule has 0 saturated heterocycles. The van der Waals surface area contributed by atoms with Crippen molar-refractivity contribution in [3.8, 4) is 0 Å². The highest BCUT2D eigenvalue weighted by atomic mass is 15.5. The Balaban J connectivity index is 1.64. The lowest BCUT2D eigenvalue weighted by molar-refractivity contribution is 0.446. The Hall–Kier alpha value is -2.21. The molecule has 3 N–H and O–H groups in total. The van der Waals surface area contributed by atoms with Gasteiger partial charge in [-0.2, -0.15) is 5.21 Å². The molecule has 4 rings (SSSR count). The summed E-state index contributed by atoms with van der Waals surface area (Å²) in [6.45, 7) is 0.635. The van der Waals surface area contributed by atoms with E-state index in [1.54, 1.807) is 0 Å². The van der Waals surface area contributed by atoms with Gasteiger partial charge in [-0.1, -0.05) is 23.4 Å². The molecule has 2 aromatic heterocycles. The molecule has 6 nitrogen and oxygen atoms in total. The number of hydrogen-bond acceptors (Lipinski definition) is 4.